The monoisotopic (exact) mass is 344 g/mol. The van der Waals surface area contributed by atoms with E-state index in [0.29, 0.717) is 11.8 Å². The fraction of sp³-hybridized carbons (Fsp3) is 0.765. The summed E-state index contributed by atoms with van der Waals surface area (Å²) in [5.41, 5.74) is 1.01. The lowest BCUT2D eigenvalue weighted by molar-refractivity contribution is -0.0933. The number of hydrogen-bond donors (Lipinski definition) is 0. The molecule has 0 N–H and O–H groups in total. The minimum absolute atomic E-state index is 0.122. The Morgan fingerprint density at radius 3 is 2.88 bits per heavy atom. The topological polar surface area (TPSA) is 82.1 Å². The molecule has 0 bridgehead atoms. The van der Waals surface area contributed by atoms with Crippen LogP contribution in [0.15, 0.2) is 10.7 Å². The Morgan fingerprint density at radius 2 is 2.08 bits per heavy atom. The van der Waals surface area contributed by atoms with Gasteiger partial charge in [-0.15, -0.1) is 5.10 Å². The minimum Gasteiger partial charge on any atom is -0.363 e. The molecule has 0 spiro atoms. The van der Waals surface area contributed by atoms with Gasteiger partial charge in [-0.05, 0) is 38.5 Å². The number of hydrogen-bond acceptors (Lipinski definition) is 7. The third kappa shape index (κ3) is 3.59. The van der Waals surface area contributed by atoms with Crippen molar-refractivity contribution in [1.29, 1.82) is 0 Å². The third-order valence-electron chi connectivity index (χ3n) is 5.13. The second-order valence-electron chi connectivity index (χ2n) is 7.77. The largest absolute Gasteiger partial charge is 0.363 e. The SMILES string of the molecule is C[C@@H]1CN(Cc2cn(CC3CC3)nn2)C[C@H](c2nc(C3CC3)no2)O1. The average Bonchev–Trinajstić information content (AvgIpc) is 3.50. The second kappa shape index (κ2) is 6.17. The van der Waals surface area contributed by atoms with E-state index in [2.05, 4.69) is 38.5 Å². The molecule has 3 fully saturated rings. The molecule has 2 aliphatic carbocycles. The maximum absolute atomic E-state index is 6.04. The Kier molecular flexibility index (Phi) is 3.82. The Morgan fingerprint density at radius 1 is 1.20 bits per heavy atom. The van der Waals surface area contributed by atoms with E-state index in [1.807, 2.05) is 4.68 Å². The van der Waals surface area contributed by atoms with Gasteiger partial charge in [-0.1, -0.05) is 10.4 Å². The summed E-state index contributed by atoms with van der Waals surface area (Å²) in [5.74, 6) is 2.75. The zero-order valence-corrected chi connectivity index (χ0v) is 14.5. The highest BCUT2D eigenvalue weighted by Gasteiger charge is 2.34. The van der Waals surface area contributed by atoms with Gasteiger partial charge in [0.1, 0.15) is 6.10 Å². The summed E-state index contributed by atoms with van der Waals surface area (Å²) in [4.78, 5) is 6.89. The predicted molar refractivity (Wildman–Crippen MR) is 87.6 cm³/mol. The van der Waals surface area contributed by atoms with Crippen LogP contribution in [0.25, 0.3) is 0 Å². The maximum Gasteiger partial charge on any atom is 0.257 e. The molecule has 0 aromatic carbocycles. The molecule has 2 aromatic rings. The van der Waals surface area contributed by atoms with Crippen LogP contribution < -0.4 is 0 Å². The lowest BCUT2D eigenvalue weighted by Crippen LogP contribution is -2.42. The average molecular weight is 344 g/mol. The fourth-order valence-electron chi connectivity index (χ4n) is 3.48. The normalized spacial score (nSPS) is 27.7. The van der Waals surface area contributed by atoms with Crippen LogP contribution in [0.3, 0.4) is 0 Å². The van der Waals surface area contributed by atoms with Crippen LogP contribution in [0, 0.1) is 5.92 Å². The molecule has 3 aliphatic rings. The molecule has 8 nitrogen and oxygen atoms in total. The summed E-state index contributed by atoms with van der Waals surface area (Å²) >= 11 is 0. The molecular formula is C17H24N6O2. The zero-order valence-electron chi connectivity index (χ0n) is 14.5. The van der Waals surface area contributed by atoms with Crippen molar-refractivity contribution in [2.75, 3.05) is 13.1 Å². The lowest BCUT2D eigenvalue weighted by atomic mass is 10.2. The first-order chi connectivity index (χ1) is 12.2. The van der Waals surface area contributed by atoms with Crippen molar-refractivity contribution in [1.82, 2.24) is 30.0 Å². The van der Waals surface area contributed by atoms with E-state index >= 15 is 0 Å². The molecule has 25 heavy (non-hydrogen) atoms. The number of nitrogens with zero attached hydrogens (tertiary/aromatic N) is 6. The van der Waals surface area contributed by atoms with Crippen molar-refractivity contribution in [2.24, 2.45) is 5.92 Å². The van der Waals surface area contributed by atoms with Crippen LogP contribution in [0.5, 0.6) is 0 Å². The minimum atomic E-state index is -0.162. The molecule has 2 aromatic heterocycles. The van der Waals surface area contributed by atoms with Crippen LogP contribution in [-0.2, 0) is 17.8 Å². The van der Waals surface area contributed by atoms with E-state index in [1.54, 1.807) is 0 Å². The Labute approximate surface area is 146 Å². The maximum atomic E-state index is 6.04. The van der Waals surface area contributed by atoms with Gasteiger partial charge in [-0.25, -0.2) is 0 Å². The lowest BCUT2D eigenvalue weighted by Gasteiger charge is -2.34. The molecule has 134 valence electrons. The number of morpholine rings is 1. The van der Waals surface area contributed by atoms with Crippen molar-refractivity contribution in [3.8, 4) is 0 Å². The van der Waals surface area contributed by atoms with E-state index in [9.17, 15) is 0 Å². The third-order valence-corrected chi connectivity index (χ3v) is 5.13. The van der Waals surface area contributed by atoms with Crippen LogP contribution in [0.1, 0.15) is 62.0 Å². The molecule has 2 atom stereocenters. The van der Waals surface area contributed by atoms with E-state index in [-0.39, 0.29) is 12.2 Å². The van der Waals surface area contributed by atoms with Crippen LogP contribution >= 0.6 is 0 Å². The molecule has 0 radical (unpaired) electrons. The van der Waals surface area contributed by atoms with Gasteiger partial charge in [-0.3, -0.25) is 9.58 Å². The highest BCUT2D eigenvalue weighted by Crippen LogP contribution is 2.39. The zero-order chi connectivity index (χ0) is 16.8. The molecule has 1 aliphatic heterocycles. The Bertz CT molecular complexity index is 735. The van der Waals surface area contributed by atoms with E-state index < -0.39 is 0 Å². The summed E-state index contributed by atoms with van der Waals surface area (Å²) in [6.07, 6.45) is 7.02. The van der Waals surface area contributed by atoms with Gasteiger partial charge < -0.3 is 9.26 Å². The number of aromatic nitrogens is 5. The van der Waals surface area contributed by atoms with E-state index in [0.717, 1.165) is 43.6 Å². The van der Waals surface area contributed by atoms with Gasteiger partial charge in [0.2, 0.25) is 0 Å². The quantitative estimate of drug-likeness (QED) is 0.791. The van der Waals surface area contributed by atoms with Gasteiger partial charge in [0.15, 0.2) is 5.82 Å². The Hall–Kier alpha value is -1.80. The van der Waals surface area contributed by atoms with Gasteiger partial charge in [0.25, 0.3) is 5.89 Å². The first-order valence-electron chi connectivity index (χ1n) is 9.33. The van der Waals surface area contributed by atoms with Crippen molar-refractivity contribution in [3.05, 3.63) is 23.6 Å². The fourth-order valence-corrected chi connectivity index (χ4v) is 3.48. The predicted octanol–water partition coefficient (Wildman–Crippen LogP) is 1.91. The Balaban J connectivity index is 1.24. The standard InChI is InChI=1S/C17H24N6O2/c1-11-6-22(8-14-9-23(21-19-14)7-12-2-3-12)10-15(24-11)17-18-16(20-25-17)13-4-5-13/h9,11-13,15H,2-8,10H2,1H3/t11-,15-/m1/s1. The van der Waals surface area contributed by atoms with Gasteiger partial charge in [0.05, 0.1) is 11.8 Å². The molecule has 8 heteroatoms. The van der Waals surface area contributed by atoms with Crippen molar-refractivity contribution >= 4 is 0 Å². The molecule has 5 rings (SSSR count). The van der Waals surface area contributed by atoms with Crippen LogP contribution in [-0.4, -0.2) is 49.2 Å². The highest BCUT2D eigenvalue weighted by atomic mass is 16.5. The summed E-state index contributed by atoms with van der Waals surface area (Å²) < 4.78 is 13.5. The number of rotatable bonds is 6. The second-order valence-corrected chi connectivity index (χ2v) is 7.77. The summed E-state index contributed by atoms with van der Waals surface area (Å²) in [6.45, 7) is 5.47. The van der Waals surface area contributed by atoms with E-state index in [4.69, 9.17) is 9.26 Å². The van der Waals surface area contributed by atoms with E-state index in [1.165, 1.54) is 25.7 Å². The van der Waals surface area contributed by atoms with Crippen LogP contribution in [0.2, 0.25) is 0 Å². The van der Waals surface area contributed by atoms with Gasteiger partial charge >= 0.3 is 0 Å². The van der Waals surface area contributed by atoms with Gasteiger partial charge in [-0.2, -0.15) is 4.98 Å². The van der Waals surface area contributed by atoms with Crippen molar-refractivity contribution < 1.29 is 9.26 Å². The van der Waals surface area contributed by atoms with Crippen LogP contribution in [0.4, 0.5) is 0 Å². The summed E-state index contributed by atoms with van der Waals surface area (Å²) in [7, 11) is 0. The molecule has 1 saturated heterocycles. The molecular weight excluding hydrogens is 320 g/mol. The van der Waals surface area contributed by atoms with Gasteiger partial charge in [0, 0.05) is 38.3 Å². The molecule has 0 unspecified atom stereocenters. The highest BCUT2D eigenvalue weighted by molar-refractivity contribution is 5.05. The summed E-state index contributed by atoms with van der Waals surface area (Å²) in [5, 5.41) is 12.7. The van der Waals surface area contributed by atoms with Crippen molar-refractivity contribution in [2.45, 2.75) is 63.8 Å². The smallest absolute Gasteiger partial charge is 0.257 e. The summed E-state index contributed by atoms with van der Waals surface area (Å²) in [6, 6.07) is 0. The first kappa shape index (κ1) is 15.5. The number of ether oxygens (including phenoxy) is 1. The molecule has 2 saturated carbocycles. The van der Waals surface area contributed by atoms with Crippen molar-refractivity contribution in [3.63, 3.8) is 0 Å². The molecule has 3 heterocycles. The first-order valence-corrected chi connectivity index (χ1v) is 9.33. The molecule has 0 amide bonds.